The Morgan fingerprint density at radius 2 is 2.39 bits per heavy atom. The summed E-state index contributed by atoms with van der Waals surface area (Å²) in [6.45, 7) is 2.09. The van der Waals surface area contributed by atoms with Crippen molar-refractivity contribution < 1.29 is 0 Å². The molecule has 0 amide bonds. The molecule has 2 rings (SSSR count). The molecular formula is C10H14BrN5S2. The third kappa shape index (κ3) is 3.11. The summed E-state index contributed by atoms with van der Waals surface area (Å²) >= 11 is 6.79. The molecule has 0 saturated carbocycles. The Morgan fingerprint density at radius 3 is 2.89 bits per heavy atom. The van der Waals surface area contributed by atoms with Crippen LogP contribution in [0.5, 0.6) is 0 Å². The number of rotatable bonds is 5. The van der Waals surface area contributed by atoms with Gasteiger partial charge in [-0.3, -0.25) is 0 Å². The van der Waals surface area contributed by atoms with E-state index in [1.807, 2.05) is 7.05 Å². The van der Waals surface area contributed by atoms with Gasteiger partial charge in [-0.15, -0.1) is 16.4 Å². The van der Waals surface area contributed by atoms with E-state index in [1.165, 1.54) is 4.88 Å². The Hall–Kier alpha value is -0.440. The first-order chi connectivity index (χ1) is 8.61. The van der Waals surface area contributed by atoms with Crippen LogP contribution in [-0.2, 0) is 7.05 Å². The highest BCUT2D eigenvalue weighted by molar-refractivity contribution is 9.10. The molecule has 2 aromatic rings. The monoisotopic (exact) mass is 347 g/mol. The van der Waals surface area contributed by atoms with Crippen molar-refractivity contribution in [3.05, 3.63) is 20.8 Å². The van der Waals surface area contributed by atoms with Gasteiger partial charge in [0.2, 0.25) is 5.16 Å². The number of nitrogens with two attached hydrogens (primary N) is 1. The number of hydrogen-bond acceptors (Lipinski definition) is 6. The van der Waals surface area contributed by atoms with Gasteiger partial charge in [0.05, 0.1) is 5.25 Å². The van der Waals surface area contributed by atoms with E-state index in [0.29, 0.717) is 0 Å². The summed E-state index contributed by atoms with van der Waals surface area (Å²) in [4.78, 5) is 1.24. The molecule has 0 aliphatic heterocycles. The van der Waals surface area contributed by atoms with Gasteiger partial charge < -0.3 is 5.73 Å². The predicted octanol–water partition coefficient (Wildman–Crippen LogP) is 2.60. The molecule has 0 bridgehead atoms. The van der Waals surface area contributed by atoms with Gasteiger partial charge in [0.1, 0.15) is 0 Å². The Morgan fingerprint density at radius 1 is 1.61 bits per heavy atom. The number of hydrogen-bond donors (Lipinski definition) is 1. The standard InChI is InChI=1S/C10H14BrN5S2/c1-3-7(12)9(8-4-6(11)5-17-8)18-10-13-14-15-16(10)2/h4-5,7,9H,3,12H2,1-2H3. The highest BCUT2D eigenvalue weighted by Gasteiger charge is 2.23. The summed E-state index contributed by atoms with van der Waals surface area (Å²) in [6, 6.07) is 2.19. The van der Waals surface area contributed by atoms with E-state index in [9.17, 15) is 0 Å². The van der Waals surface area contributed by atoms with Crippen molar-refractivity contribution in [2.75, 3.05) is 0 Å². The first-order valence-electron chi connectivity index (χ1n) is 5.50. The highest BCUT2D eigenvalue weighted by Crippen LogP contribution is 2.40. The summed E-state index contributed by atoms with van der Waals surface area (Å²) in [5.41, 5.74) is 6.22. The van der Waals surface area contributed by atoms with Gasteiger partial charge >= 0.3 is 0 Å². The van der Waals surface area contributed by atoms with Crippen molar-refractivity contribution in [2.24, 2.45) is 12.8 Å². The number of tetrazole rings is 1. The molecule has 0 aliphatic rings. The van der Waals surface area contributed by atoms with E-state index in [4.69, 9.17) is 5.73 Å². The molecule has 0 spiro atoms. The zero-order chi connectivity index (χ0) is 13.1. The van der Waals surface area contributed by atoms with Crippen LogP contribution in [0.3, 0.4) is 0 Å². The lowest BCUT2D eigenvalue weighted by Gasteiger charge is -2.20. The number of aryl methyl sites for hydroxylation is 1. The van der Waals surface area contributed by atoms with Gasteiger partial charge in [0.15, 0.2) is 0 Å². The maximum absolute atomic E-state index is 6.22. The van der Waals surface area contributed by atoms with Crippen molar-refractivity contribution in [1.29, 1.82) is 0 Å². The molecule has 2 atom stereocenters. The summed E-state index contributed by atoms with van der Waals surface area (Å²) in [5, 5.41) is 14.5. The van der Waals surface area contributed by atoms with Crippen LogP contribution < -0.4 is 5.73 Å². The minimum atomic E-state index is 0.0808. The molecule has 2 unspecified atom stereocenters. The molecule has 2 aromatic heterocycles. The molecule has 0 aromatic carbocycles. The lowest BCUT2D eigenvalue weighted by molar-refractivity contribution is 0.629. The van der Waals surface area contributed by atoms with Gasteiger partial charge in [0, 0.05) is 27.8 Å². The van der Waals surface area contributed by atoms with Crippen molar-refractivity contribution >= 4 is 39.0 Å². The summed E-state index contributed by atoms with van der Waals surface area (Å²) < 4.78 is 2.76. The quantitative estimate of drug-likeness (QED) is 0.841. The number of aromatic nitrogens is 4. The SMILES string of the molecule is CCC(N)C(Sc1nnnn1C)c1cc(Br)cs1. The molecule has 98 valence electrons. The second-order valence-corrected chi connectivity index (χ2v) is 6.83. The van der Waals surface area contributed by atoms with Crippen molar-refractivity contribution in [2.45, 2.75) is 29.8 Å². The van der Waals surface area contributed by atoms with Gasteiger partial charge in [-0.25, -0.2) is 4.68 Å². The third-order valence-electron chi connectivity index (χ3n) is 2.54. The number of halogens is 1. The first-order valence-corrected chi connectivity index (χ1v) is 8.05. The van der Waals surface area contributed by atoms with E-state index >= 15 is 0 Å². The van der Waals surface area contributed by atoms with E-state index in [1.54, 1.807) is 27.8 Å². The molecule has 8 heteroatoms. The summed E-state index contributed by atoms with van der Waals surface area (Å²) in [6.07, 6.45) is 0.915. The third-order valence-corrected chi connectivity index (χ3v) is 5.88. The molecule has 0 saturated heterocycles. The molecule has 0 radical (unpaired) electrons. The maximum Gasteiger partial charge on any atom is 0.209 e. The van der Waals surface area contributed by atoms with Crippen LogP contribution in [0.2, 0.25) is 0 Å². The molecule has 2 heterocycles. The fourth-order valence-corrected chi connectivity index (χ4v) is 4.34. The van der Waals surface area contributed by atoms with Gasteiger partial charge in [0.25, 0.3) is 0 Å². The van der Waals surface area contributed by atoms with Crippen LogP contribution in [0.25, 0.3) is 0 Å². The lowest BCUT2D eigenvalue weighted by atomic mass is 10.1. The molecule has 2 N–H and O–H groups in total. The van der Waals surface area contributed by atoms with Gasteiger partial charge in [-0.1, -0.05) is 18.7 Å². The molecule has 0 fully saturated rings. The Labute approximate surface area is 122 Å². The average molecular weight is 348 g/mol. The maximum atomic E-state index is 6.22. The molecular weight excluding hydrogens is 334 g/mol. The van der Waals surface area contributed by atoms with Crippen LogP contribution in [0.4, 0.5) is 0 Å². The average Bonchev–Trinajstić information content (AvgIpc) is 2.94. The minimum absolute atomic E-state index is 0.0808. The molecule has 0 aliphatic carbocycles. The van der Waals surface area contributed by atoms with Gasteiger partial charge in [-0.2, -0.15) is 0 Å². The zero-order valence-corrected chi connectivity index (χ0v) is 13.3. The Bertz CT molecular complexity index is 512. The van der Waals surface area contributed by atoms with Crippen molar-refractivity contribution in [3.63, 3.8) is 0 Å². The Kier molecular flexibility index (Phi) is 4.77. The fraction of sp³-hybridized carbons (Fsp3) is 0.500. The fourth-order valence-electron chi connectivity index (χ4n) is 1.48. The van der Waals surface area contributed by atoms with Crippen molar-refractivity contribution in [3.8, 4) is 0 Å². The Balaban J connectivity index is 2.23. The van der Waals surface area contributed by atoms with Crippen LogP contribution in [0.1, 0.15) is 23.5 Å². The molecule has 5 nitrogen and oxygen atoms in total. The van der Waals surface area contributed by atoms with Crippen LogP contribution >= 0.6 is 39.0 Å². The summed E-state index contributed by atoms with van der Waals surface area (Å²) in [7, 11) is 1.83. The minimum Gasteiger partial charge on any atom is -0.326 e. The zero-order valence-electron chi connectivity index (χ0n) is 10.1. The topological polar surface area (TPSA) is 69.6 Å². The van der Waals surface area contributed by atoms with Gasteiger partial charge in [-0.05, 0) is 38.8 Å². The highest BCUT2D eigenvalue weighted by atomic mass is 79.9. The predicted molar refractivity (Wildman–Crippen MR) is 77.7 cm³/mol. The van der Waals surface area contributed by atoms with E-state index in [-0.39, 0.29) is 11.3 Å². The van der Waals surface area contributed by atoms with E-state index in [0.717, 1.165) is 16.0 Å². The second-order valence-electron chi connectivity index (χ2n) is 3.86. The van der Waals surface area contributed by atoms with Crippen LogP contribution in [0.15, 0.2) is 21.1 Å². The smallest absolute Gasteiger partial charge is 0.209 e. The van der Waals surface area contributed by atoms with Crippen LogP contribution in [0, 0.1) is 0 Å². The molecule has 18 heavy (non-hydrogen) atoms. The van der Waals surface area contributed by atoms with Crippen LogP contribution in [-0.4, -0.2) is 26.2 Å². The number of thioether (sulfide) groups is 1. The number of thiophene rings is 1. The van der Waals surface area contributed by atoms with Crippen molar-refractivity contribution in [1.82, 2.24) is 20.2 Å². The lowest BCUT2D eigenvalue weighted by Crippen LogP contribution is -2.25. The number of nitrogens with zero attached hydrogens (tertiary/aromatic N) is 4. The van der Waals surface area contributed by atoms with E-state index < -0.39 is 0 Å². The van der Waals surface area contributed by atoms with E-state index in [2.05, 4.69) is 49.8 Å². The largest absolute Gasteiger partial charge is 0.326 e. The second kappa shape index (κ2) is 6.14. The summed E-state index contributed by atoms with van der Waals surface area (Å²) in [5.74, 6) is 0. The first kappa shape index (κ1) is 14.0. The normalized spacial score (nSPS) is 14.7.